The molecule has 1 aromatic heterocycles. The molecule has 6 nitrogen and oxygen atoms in total. The van der Waals surface area contributed by atoms with E-state index >= 15 is 0 Å². The molecule has 0 atom stereocenters. The lowest BCUT2D eigenvalue weighted by molar-refractivity contribution is 0.101. The molecule has 0 unspecified atom stereocenters. The number of nitrogens with one attached hydrogen (secondary N) is 2. The summed E-state index contributed by atoms with van der Waals surface area (Å²) in [6.07, 6.45) is 1.47. The Morgan fingerprint density at radius 1 is 1.04 bits per heavy atom. The zero-order valence-electron chi connectivity index (χ0n) is 12.8. The molecule has 120 valence electrons. The first-order valence-corrected chi connectivity index (χ1v) is 7.20. The maximum Gasteiger partial charge on any atom is 0.249 e. The first-order valence-electron chi connectivity index (χ1n) is 7.20. The summed E-state index contributed by atoms with van der Waals surface area (Å²) in [4.78, 5) is 15.5. The van der Waals surface area contributed by atoms with Gasteiger partial charge in [-0.15, -0.1) is 5.10 Å². The van der Waals surface area contributed by atoms with Crippen molar-refractivity contribution in [1.29, 1.82) is 0 Å². The highest BCUT2D eigenvalue weighted by molar-refractivity contribution is 5.94. The molecular formula is C17H14FN5O. The number of rotatable bonds is 5. The van der Waals surface area contributed by atoms with Gasteiger partial charge in [-0.3, -0.25) is 4.79 Å². The maximum atomic E-state index is 13.2. The molecule has 2 aromatic carbocycles. The second-order valence-electron chi connectivity index (χ2n) is 5.06. The number of anilines is 4. The fourth-order valence-electron chi connectivity index (χ4n) is 2.05. The monoisotopic (exact) mass is 323 g/mol. The van der Waals surface area contributed by atoms with Gasteiger partial charge in [0.15, 0.2) is 11.6 Å². The van der Waals surface area contributed by atoms with E-state index in [1.54, 1.807) is 36.4 Å². The number of benzene rings is 2. The third-order valence-corrected chi connectivity index (χ3v) is 3.20. The van der Waals surface area contributed by atoms with E-state index in [0.717, 1.165) is 5.69 Å². The van der Waals surface area contributed by atoms with Crippen LogP contribution in [0.2, 0.25) is 0 Å². The molecule has 0 bridgehead atoms. The molecule has 24 heavy (non-hydrogen) atoms. The smallest absolute Gasteiger partial charge is 0.249 e. The predicted octanol–water partition coefficient (Wildman–Crippen LogP) is 3.70. The van der Waals surface area contributed by atoms with Crippen LogP contribution in [-0.4, -0.2) is 21.0 Å². The quantitative estimate of drug-likeness (QED) is 0.697. The standard InChI is InChI=1S/C17H14FN5O/c1-11(24)12-5-7-14(8-6-12)20-16-10-19-23-17(22-16)21-15-4-2-3-13(18)9-15/h2-10H,1H3,(H2,20,21,22,23). The molecule has 0 saturated carbocycles. The van der Waals surface area contributed by atoms with Gasteiger partial charge in [-0.2, -0.15) is 10.1 Å². The molecular weight excluding hydrogens is 309 g/mol. The molecule has 0 aliphatic heterocycles. The number of carbonyl (C=O) groups excluding carboxylic acids is 1. The predicted molar refractivity (Wildman–Crippen MR) is 89.2 cm³/mol. The Balaban J connectivity index is 1.74. The van der Waals surface area contributed by atoms with Crippen LogP contribution in [0.3, 0.4) is 0 Å². The number of Topliss-reactive ketones (excluding diaryl/α,β-unsaturated/α-hetero) is 1. The highest BCUT2D eigenvalue weighted by Crippen LogP contribution is 2.18. The van der Waals surface area contributed by atoms with Crippen molar-refractivity contribution in [1.82, 2.24) is 15.2 Å². The topological polar surface area (TPSA) is 79.8 Å². The van der Waals surface area contributed by atoms with Gasteiger partial charge in [-0.25, -0.2) is 4.39 Å². The third kappa shape index (κ3) is 3.89. The summed E-state index contributed by atoms with van der Waals surface area (Å²) in [6, 6.07) is 13.0. The number of ketones is 1. The first kappa shape index (κ1) is 15.5. The van der Waals surface area contributed by atoms with Crippen LogP contribution in [0.25, 0.3) is 0 Å². The van der Waals surface area contributed by atoms with E-state index in [0.29, 0.717) is 17.1 Å². The largest absolute Gasteiger partial charge is 0.339 e. The van der Waals surface area contributed by atoms with Gasteiger partial charge < -0.3 is 10.6 Å². The van der Waals surface area contributed by atoms with Crippen molar-refractivity contribution in [3.8, 4) is 0 Å². The highest BCUT2D eigenvalue weighted by atomic mass is 19.1. The van der Waals surface area contributed by atoms with Crippen LogP contribution in [0.5, 0.6) is 0 Å². The van der Waals surface area contributed by atoms with Crippen molar-refractivity contribution in [3.05, 3.63) is 66.1 Å². The molecule has 3 rings (SSSR count). The molecule has 0 saturated heterocycles. The Bertz CT molecular complexity index is 867. The fourth-order valence-corrected chi connectivity index (χ4v) is 2.05. The van der Waals surface area contributed by atoms with E-state index in [4.69, 9.17) is 0 Å². The summed E-state index contributed by atoms with van der Waals surface area (Å²) in [7, 11) is 0. The van der Waals surface area contributed by atoms with Crippen molar-refractivity contribution < 1.29 is 9.18 Å². The SMILES string of the molecule is CC(=O)c1ccc(Nc2cnnc(Nc3cccc(F)c3)n2)cc1. The average molecular weight is 323 g/mol. The van der Waals surface area contributed by atoms with Crippen LogP contribution in [0.4, 0.5) is 27.5 Å². The molecule has 2 N–H and O–H groups in total. The molecule has 3 aromatic rings. The van der Waals surface area contributed by atoms with Crippen molar-refractivity contribution in [2.75, 3.05) is 10.6 Å². The zero-order chi connectivity index (χ0) is 16.9. The fraction of sp³-hybridized carbons (Fsp3) is 0.0588. The van der Waals surface area contributed by atoms with Gasteiger partial charge >= 0.3 is 0 Å². The Morgan fingerprint density at radius 3 is 2.54 bits per heavy atom. The van der Waals surface area contributed by atoms with Gasteiger partial charge in [0, 0.05) is 16.9 Å². The van der Waals surface area contributed by atoms with Crippen LogP contribution in [0, 0.1) is 5.82 Å². The number of aromatic nitrogens is 3. The normalized spacial score (nSPS) is 10.2. The van der Waals surface area contributed by atoms with Gasteiger partial charge in [0.2, 0.25) is 5.95 Å². The average Bonchev–Trinajstić information content (AvgIpc) is 2.56. The number of hydrogen-bond acceptors (Lipinski definition) is 6. The van der Waals surface area contributed by atoms with Gasteiger partial charge in [-0.05, 0) is 49.4 Å². The maximum absolute atomic E-state index is 13.2. The van der Waals surface area contributed by atoms with E-state index < -0.39 is 0 Å². The van der Waals surface area contributed by atoms with E-state index in [2.05, 4.69) is 25.8 Å². The van der Waals surface area contributed by atoms with Crippen LogP contribution < -0.4 is 10.6 Å². The Labute approximate surface area is 137 Å². The van der Waals surface area contributed by atoms with E-state index in [9.17, 15) is 9.18 Å². The van der Waals surface area contributed by atoms with Crippen molar-refractivity contribution in [3.63, 3.8) is 0 Å². The molecule has 1 heterocycles. The Morgan fingerprint density at radius 2 is 1.83 bits per heavy atom. The van der Waals surface area contributed by atoms with Crippen molar-refractivity contribution in [2.45, 2.75) is 6.92 Å². The second kappa shape index (κ2) is 6.82. The van der Waals surface area contributed by atoms with Crippen LogP contribution >= 0.6 is 0 Å². The minimum atomic E-state index is -0.354. The van der Waals surface area contributed by atoms with Crippen molar-refractivity contribution in [2.24, 2.45) is 0 Å². The highest BCUT2D eigenvalue weighted by Gasteiger charge is 2.04. The minimum absolute atomic E-state index is 0.00633. The summed E-state index contributed by atoms with van der Waals surface area (Å²) in [5, 5.41) is 13.7. The summed E-state index contributed by atoms with van der Waals surface area (Å²) in [5.74, 6) is 0.366. The molecule has 0 spiro atoms. The van der Waals surface area contributed by atoms with Crippen molar-refractivity contribution >= 4 is 28.9 Å². The minimum Gasteiger partial charge on any atom is -0.339 e. The molecule has 0 fully saturated rings. The van der Waals surface area contributed by atoms with E-state index in [-0.39, 0.29) is 17.5 Å². The summed E-state index contributed by atoms with van der Waals surface area (Å²) in [6.45, 7) is 1.52. The van der Waals surface area contributed by atoms with Crippen LogP contribution in [0.1, 0.15) is 17.3 Å². The number of nitrogens with zero attached hydrogens (tertiary/aromatic N) is 3. The van der Waals surface area contributed by atoms with Gasteiger partial charge in [0.25, 0.3) is 0 Å². The lowest BCUT2D eigenvalue weighted by Gasteiger charge is -2.08. The van der Waals surface area contributed by atoms with Crippen LogP contribution in [-0.2, 0) is 0 Å². The molecule has 0 aliphatic carbocycles. The van der Waals surface area contributed by atoms with E-state index in [1.807, 2.05) is 0 Å². The number of hydrogen-bond donors (Lipinski definition) is 2. The van der Waals surface area contributed by atoms with Gasteiger partial charge in [0.1, 0.15) is 5.82 Å². The summed E-state index contributed by atoms with van der Waals surface area (Å²) >= 11 is 0. The lowest BCUT2D eigenvalue weighted by Crippen LogP contribution is -2.02. The Kier molecular flexibility index (Phi) is 4.42. The molecule has 0 aliphatic rings. The lowest BCUT2D eigenvalue weighted by atomic mass is 10.1. The molecule has 7 heteroatoms. The number of halogens is 1. The first-order chi connectivity index (χ1) is 11.6. The zero-order valence-corrected chi connectivity index (χ0v) is 12.8. The molecule has 0 amide bonds. The third-order valence-electron chi connectivity index (χ3n) is 3.20. The Hall–Kier alpha value is -3.35. The number of carbonyl (C=O) groups is 1. The van der Waals surface area contributed by atoms with Crippen LogP contribution in [0.15, 0.2) is 54.7 Å². The van der Waals surface area contributed by atoms with E-state index in [1.165, 1.54) is 25.3 Å². The van der Waals surface area contributed by atoms with Gasteiger partial charge in [0.05, 0.1) is 6.20 Å². The van der Waals surface area contributed by atoms with Gasteiger partial charge in [-0.1, -0.05) is 6.07 Å². The molecule has 0 radical (unpaired) electrons. The second-order valence-corrected chi connectivity index (χ2v) is 5.06. The summed E-state index contributed by atoms with van der Waals surface area (Å²) in [5.41, 5.74) is 1.92. The summed E-state index contributed by atoms with van der Waals surface area (Å²) < 4.78 is 13.2.